The number of aliphatic carboxylic acids is 1. The monoisotopic (exact) mass is 225 g/mol. The maximum Gasteiger partial charge on any atom is 0.305 e. The van der Waals surface area contributed by atoms with E-state index in [9.17, 15) is 9.59 Å². The van der Waals surface area contributed by atoms with Crippen LogP contribution in [0.1, 0.15) is 45.4 Å². The van der Waals surface area contributed by atoms with E-state index in [2.05, 4.69) is 5.32 Å². The Balaban J connectivity index is 2.36. The summed E-state index contributed by atoms with van der Waals surface area (Å²) in [6.45, 7) is 1.70. The molecule has 0 aromatic carbocycles. The lowest BCUT2D eigenvalue weighted by Gasteiger charge is -2.14. The number of carbonyl (C=O) groups is 2. The summed E-state index contributed by atoms with van der Waals surface area (Å²) in [4.78, 5) is 21.9. The largest absolute Gasteiger partial charge is 0.481 e. The fraction of sp³-hybridized carbons (Fsp3) is 0.667. The summed E-state index contributed by atoms with van der Waals surface area (Å²) in [5, 5.41) is 11.2. The Labute approximate surface area is 95.7 Å². The van der Waals surface area contributed by atoms with Crippen molar-refractivity contribution in [3.63, 3.8) is 0 Å². The van der Waals surface area contributed by atoms with E-state index in [1.165, 1.54) is 12.0 Å². The van der Waals surface area contributed by atoms with Crippen molar-refractivity contribution in [3.8, 4) is 0 Å². The Morgan fingerprint density at radius 1 is 1.38 bits per heavy atom. The molecule has 0 heterocycles. The number of hydrogen-bond donors (Lipinski definition) is 2. The van der Waals surface area contributed by atoms with Gasteiger partial charge < -0.3 is 10.4 Å². The number of carboxylic acid groups (broad SMARTS) is 1. The van der Waals surface area contributed by atoms with E-state index in [0.29, 0.717) is 0 Å². The second-order valence-electron chi connectivity index (χ2n) is 4.37. The Bertz CT molecular complexity index is 289. The summed E-state index contributed by atoms with van der Waals surface area (Å²) >= 11 is 0. The van der Waals surface area contributed by atoms with Crippen LogP contribution in [0.4, 0.5) is 0 Å². The second kappa shape index (κ2) is 6.30. The molecule has 0 bridgehead atoms. The molecule has 1 atom stereocenters. The van der Waals surface area contributed by atoms with Crippen LogP contribution in [-0.4, -0.2) is 23.0 Å². The third-order valence-electron chi connectivity index (χ3n) is 2.70. The van der Waals surface area contributed by atoms with Crippen LogP contribution >= 0.6 is 0 Å². The summed E-state index contributed by atoms with van der Waals surface area (Å²) in [6, 6.07) is -0.314. The number of nitrogens with one attached hydrogen (secondary N) is 1. The highest BCUT2D eigenvalue weighted by Crippen LogP contribution is 2.22. The highest BCUT2D eigenvalue weighted by atomic mass is 16.4. The molecule has 1 unspecified atom stereocenters. The van der Waals surface area contributed by atoms with Gasteiger partial charge in [-0.25, -0.2) is 0 Å². The molecule has 1 aliphatic carbocycles. The van der Waals surface area contributed by atoms with E-state index in [4.69, 9.17) is 5.11 Å². The third kappa shape index (κ3) is 4.96. The lowest BCUT2D eigenvalue weighted by atomic mass is 9.94. The lowest BCUT2D eigenvalue weighted by Crippen LogP contribution is -2.33. The average Bonchev–Trinajstić information content (AvgIpc) is 2.17. The molecular formula is C12H19NO3. The van der Waals surface area contributed by atoms with Gasteiger partial charge in [0.05, 0.1) is 6.42 Å². The zero-order valence-electron chi connectivity index (χ0n) is 9.66. The van der Waals surface area contributed by atoms with Crippen molar-refractivity contribution in [2.45, 2.75) is 51.5 Å². The summed E-state index contributed by atoms with van der Waals surface area (Å²) in [6.07, 6.45) is 7.16. The molecule has 4 heteroatoms. The molecule has 0 spiro atoms. The minimum absolute atomic E-state index is 0.0328. The molecule has 0 aromatic rings. The molecule has 1 saturated carbocycles. The Kier molecular flexibility index (Phi) is 5.02. The molecule has 4 nitrogen and oxygen atoms in total. The number of carbonyl (C=O) groups excluding carboxylic acids is 1. The zero-order valence-corrected chi connectivity index (χ0v) is 9.66. The molecule has 2 N–H and O–H groups in total. The first-order valence-electron chi connectivity index (χ1n) is 5.79. The van der Waals surface area contributed by atoms with Gasteiger partial charge in [0.15, 0.2) is 0 Å². The van der Waals surface area contributed by atoms with Crippen molar-refractivity contribution < 1.29 is 14.7 Å². The van der Waals surface area contributed by atoms with E-state index < -0.39 is 5.97 Å². The van der Waals surface area contributed by atoms with E-state index >= 15 is 0 Å². The summed E-state index contributed by atoms with van der Waals surface area (Å²) in [7, 11) is 0. The number of carboxylic acids is 1. The molecule has 16 heavy (non-hydrogen) atoms. The lowest BCUT2D eigenvalue weighted by molar-refractivity contribution is -0.137. The minimum Gasteiger partial charge on any atom is -0.481 e. The van der Waals surface area contributed by atoms with Crippen molar-refractivity contribution in [1.29, 1.82) is 0 Å². The number of rotatable bonds is 4. The Morgan fingerprint density at radius 3 is 2.56 bits per heavy atom. The van der Waals surface area contributed by atoms with Crippen LogP contribution in [-0.2, 0) is 9.59 Å². The van der Waals surface area contributed by atoms with Gasteiger partial charge in [-0.05, 0) is 32.6 Å². The SMILES string of the molecule is CC(CC(=O)O)NC(=O)C=C1CCCCC1. The van der Waals surface area contributed by atoms with Gasteiger partial charge in [-0.15, -0.1) is 0 Å². The number of hydrogen-bond acceptors (Lipinski definition) is 2. The van der Waals surface area contributed by atoms with E-state index in [1.807, 2.05) is 0 Å². The van der Waals surface area contributed by atoms with Crippen LogP contribution in [0.25, 0.3) is 0 Å². The van der Waals surface area contributed by atoms with E-state index in [-0.39, 0.29) is 18.4 Å². The first kappa shape index (κ1) is 12.7. The van der Waals surface area contributed by atoms with Crippen molar-refractivity contribution >= 4 is 11.9 Å². The fourth-order valence-electron chi connectivity index (χ4n) is 1.93. The molecular weight excluding hydrogens is 206 g/mol. The van der Waals surface area contributed by atoms with Crippen molar-refractivity contribution in [3.05, 3.63) is 11.6 Å². The number of amides is 1. The van der Waals surface area contributed by atoms with Gasteiger partial charge in [0.1, 0.15) is 0 Å². The van der Waals surface area contributed by atoms with Crippen LogP contribution in [0.15, 0.2) is 11.6 Å². The number of allylic oxidation sites excluding steroid dienone is 1. The van der Waals surface area contributed by atoms with Crippen molar-refractivity contribution in [1.82, 2.24) is 5.32 Å². The first-order valence-corrected chi connectivity index (χ1v) is 5.79. The van der Waals surface area contributed by atoms with Crippen LogP contribution in [0.3, 0.4) is 0 Å². The van der Waals surface area contributed by atoms with Crippen LogP contribution in [0.5, 0.6) is 0 Å². The van der Waals surface area contributed by atoms with Crippen LogP contribution in [0, 0.1) is 0 Å². The van der Waals surface area contributed by atoms with Gasteiger partial charge >= 0.3 is 5.97 Å². The summed E-state index contributed by atoms with van der Waals surface area (Å²) < 4.78 is 0. The molecule has 0 aliphatic heterocycles. The standard InChI is InChI=1S/C12H19NO3/c1-9(7-12(15)16)13-11(14)8-10-5-3-2-4-6-10/h8-9H,2-7H2,1H3,(H,13,14)(H,15,16). The summed E-state index contributed by atoms with van der Waals surface area (Å²) in [5.41, 5.74) is 1.19. The summed E-state index contributed by atoms with van der Waals surface area (Å²) in [5.74, 6) is -1.05. The van der Waals surface area contributed by atoms with Gasteiger partial charge in [0.2, 0.25) is 5.91 Å². The molecule has 0 radical (unpaired) electrons. The third-order valence-corrected chi connectivity index (χ3v) is 2.70. The van der Waals surface area contributed by atoms with Gasteiger partial charge in [-0.2, -0.15) is 0 Å². The van der Waals surface area contributed by atoms with Crippen LogP contribution in [0.2, 0.25) is 0 Å². The molecule has 1 fully saturated rings. The maximum atomic E-state index is 11.5. The fourth-order valence-corrected chi connectivity index (χ4v) is 1.93. The molecule has 90 valence electrons. The highest BCUT2D eigenvalue weighted by molar-refractivity contribution is 5.88. The normalized spacial score (nSPS) is 17.7. The smallest absolute Gasteiger partial charge is 0.305 e. The van der Waals surface area contributed by atoms with Gasteiger partial charge in [0.25, 0.3) is 0 Å². The van der Waals surface area contributed by atoms with Gasteiger partial charge in [-0.3, -0.25) is 9.59 Å². The second-order valence-corrected chi connectivity index (χ2v) is 4.37. The topological polar surface area (TPSA) is 66.4 Å². The molecule has 1 aliphatic rings. The molecule has 1 amide bonds. The molecule has 0 saturated heterocycles. The highest BCUT2D eigenvalue weighted by Gasteiger charge is 2.11. The molecule has 0 aromatic heterocycles. The average molecular weight is 225 g/mol. The van der Waals surface area contributed by atoms with Gasteiger partial charge in [0, 0.05) is 12.1 Å². The van der Waals surface area contributed by atoms with Gasteiger partial charge in [-0.1, -0.05) is 12.0 Å². The predicted octanol–water partition coefficient (Wildman–Crippen LogP) is 1.86. The van der Waals surface area contributed by atoms with Crippen molar-refractivity contribution in [2.75, 3.05) is 0 Å². The minimum atomic E-state index is -0.891. The zero-order chi connectivity index (χ0) is 12.0. The quantitative estimate of drug-likeness (QED) is 0.718. The van der Waals surface area contributed by atoms with Crippen molar-refractivity contribution in [2.24, 2.45) is 0 Å². The first-order chi connectivity index (χ1) is 7.58. The van der Waals surface area contributed by atoms with E-state index in [0.717, 1.165) is 25.7 Å². The van der Waals surface area contributed by atoms with E-state index in [1.54, 1.807) is 13.0 Å². The Hall–Kier alpha value is -1.32. The predicted molar refractivity (Wildman–Crippen MR) is 61.0 cm³/mol. The Morgan fingerprint density at radius 2 is 2.00 bits per heavy atom. The van der Waals surface area contributed by atoms with Crippen LogP contribution < -0.4 is 5.32 Å². The maximum absolute atomic E-state index is 11.5. The molecule has 1 rings (SSSR count).